The molecule has 0 aromatic rings. The molecule has 0 aliphatic heterocycles. The summed E-state index contributed by atoms with van der Waals surface area (Å²) in [4.78, 5) is 72.2. The van der Waals surface area contributed by atoms with Gasteiger partial charge in [-0.3, -0.25) is 0 Å². The molecule has 0 aliphatic rings. The molecule has 0 fully saturated rings. The minimum absolute atomic E-state index is 0. The SMILES string of the molecule is O.O.O.O.OP.OP.O[P+](O)(O)O.O[P+](O)(O)O.[Rb].[Zn].[Zn].[Zn].[Zn]. The van der Waals surface area contributed by atoms with Crippen molar-refractivity contribution in [3.63, 3.8) is 0 Å². The second kappa shape index (κ2) is 63.1. The van der Waals surface area contributed by atoms with Crippen LogP contribution in [0.25, 0.3) is 0 Å². The normalized spacial score (nSPS) is 5.74. The molecule has 0 bridgehead atoms. The first-order valence-corrected chi connectivity index (χ1v) is 6.35. The van der Waals surface area contributed by atoms with Crippen LogP contribution in [0.1, 0.15) is 0 Å². The third-order valence-corrected chi connectivity index (χ3v) is 0. The predicted octanol–water partition coefficient (Wildman–Crippen LogP) is -6.89. The van der Waals surface area contributed by atoms with Crippen molar-refractivity contribution in [1.82, 2.24) is 0 Å². The molecule has 0 spiro atoms. The molecule has 0 saturated carbocycles. The van der Waals surface area contributed by atoms with Gasteiger partial charge in [-0.05, 0) is 18.9 Å². The summed E-state index contributed by atoms with van der Waals surface area (Å²) in [6.07, 6.45) is 0. The van der Waals surface area contributed by atoms with Crippen molar-refractivity contribution >= 4 is 93.5 Å². The molecule has 0 aromatic carbocycles. The van der Waals surface area contributed by atoms with Crippen LogP contribution in [-0.2, 0) is 77.9 Å². The summed E-state index contributed by atoms with van der Waals surface area (Å²) >= 11 is 0. The first-order valence-electron chi connectivity index (χ1n) is 2.12. The second-order valence-electron chi connectivity index (χ2n) is 1.07. The van der Waals surface area contributed by atoms with Crippen molar-refractivity contribution in [2.45, 2.75) is 0 Å². The van der Waals surface area contributed by atoms with Crippen molar-refractivity contribution in [2.75, 3.05) is 0 Å². The molecule has 0 aliphatic carbocycles. The molecule has 18 N–H and O–H groups in total. The molecule has 23 heteroatoms. The van der Waals surface area contributed by atoms with Crippen LogP contribution < -0.4 is 0 Å². The monoisotopic (exact) mass is 711 g/mol. The van der Waals surface area contributed by atoms with Gasteiger partial charge >= 0.3 is 16.3 Å². The Balaban J connectivity index is -0.00000000491. The van der Waals surface area contributed by atoms with E-state index in [9.17, 15) is 0 Å². The zero-order valence-corrected chi connectivity index (χ0v) is 33.2. The maximum atomic E-state index is 7.30. The molecule has 0 saturated heterocycles. The van der Waals surface area contributed by atoms with Gasteiger partial charge in [-0.25, -0.2) is 0 Å². The standard InChI is InChI=1S/2H4O4P.2H3OP.4H2O.Rb.4Zn/c2*1-5(2,3)4;2*1-2;;;;;;;;;/h2*1-4H;2*1H,2H2;4*1H2;;;;;/q2*+1;;;;;;;;;;;. The summed E-state index contributed by atoms with van der Waals surface area (Å²) in [5.74, 6) is 0. The topological polar surface area (TPSA) is 328 Å². The summed E-state index contributed by atoms with van der Waals surface area (Å²) < 4.78 is 0. The first-order chi connectivity index (χ1) is 6.00. The Kier molecular flexibility index (Phi) is 246. The van der Waals surface area contributed by atoms with Gasteiger partial charge in [0.2, 0.25) is 0 Å². The number of hydrogen-bond donors (Lipinski definition) is 10. The molecule has 1 radical (unpaired) electrons. The van der Waals surface area contributed by atoms with Crippen LogP contribution in [0.4, 0.5) is 0 Å². The van der Waals surface area contributed by atoms with E-state index < -0.39 is 16.3 Å². The van der Waals surface area contributed by atoms with Crippen LogP contribution in [0.15, 0.2) is 0 Å². The van der Waals surface area contributed by atoms with Crippen LogP contribution in [0.3, 0.4) is 0 Å². The van der Waals surface area contributed by atoms with Crippen LogP contribution in [-0.4, -0.2) is 129 Å². The fraction of sp³-hybridized carbons (Fsp3) is 0. The van der Waals surface area contributed by atoms with Crippen LogP contribution in [0.2, 0.25) is 0 Å². The van der Waals surface area contributed by atoms with Crippen LogP contribution >= 0.6 is 35.3 Å². The van der Waals surface area contributed by atoms with Crippen molar-refractivity contribution in [3.05, 3.63) is 0 Å². The van der Waals surface area contributed by atoms with Gasteiger partial charge in [0.15, 0.2) is 0 Å². The molecule has 0 heterocycles. The van der Waals surface area contributed by atoms with E-state index in [0.717, 1.165) is 0 Å². The van der Waals surface area contributed by atoms with E-state index >= 15 is 0 Å². The molecule has 0 amide bonds. The zero-order chi connectivity index (χ0) is 13.0. The Bertz CT molecular complexity index is 77.8. The Hall–Kier alpha value is 5.46. The van der Waals surface area contributed by atoms with Gasteiger partial charge in [-0.15, -0.1) is 0 Å². The minimum atomic E-state index is -4.39. The Morgan fingerprint density at radius 1 is 0.391 bits per heavy atom. The van der Waals surface area contributed by atoms with Crippen molar-refractivity contribution < 1.29 is 149 Å². The molecule has 0 rings (SSSR count). The summed E-state index contributed by atoms with van der Waals surface area (Å²) in [5.41, 5.74) is 0. The molecule has 133 valence electrons. The number of rotatable bonds is 0. The fourth-order valence-corrected chi connectivity index (χ4v) is 0. The minimum Gasteiger partial charge on any atom is -0.412 e. The van der Waals surface area contributed by atoms with Gasteiger partial charge in [0, 0.05) is 136 Å². The molecular formula is H22O14P4RbZn4+2. The summed E-state index contributed by atoms with van der Waals surface area (Å²) in [6, 6.07) is 0. The van der Waals surface area contributed by atoms with Gasteiger partial charge in [-0.2, -0.15) is 39.1 Å². The van der Waals surface area contributed by atoms with Crippen LogP contribution in [0, 0.1) is 0 Å². The van der Waals surface area contributed by atoms with Crippen LogP contribution in [0.5, 0.6) is 0 Å². The van der Waals surface area contributed by atoms with Gasteiger partial charge in [0.05, 0.1) is 0 Å². The van der Waals surface area contributed by atoms with Gasteiger partial charge in [-0.1, -0.05) is 0 Å². The van der Waals surface area contributed by atoms with Crippen molar-refractivity contribution in [1.29, 1.82) is 0 Å². The van der Waals surface area contributed by atoms with Crippen molar-refractivity contribution in [3.8, 4) is 0 Å². The molecule has 2 unspecified atom stereocenters. The quantitative estimate of drug-likeness (QED) is 0.0834. The molecule has 14 nitrogen and oxygen atoms in total. The van der Waals surface area contributed by atoms with Gasteiger partial charge < -0.3 is 31.7 Å². The second-order valence-corrected chi connectivity index (χ2v) is 3.22. The largest absolute Gasteiger partial charge is 0.564 e. The number of hydrogen-bond acceptors (Lipinski definition) is 10. The Labute approximate surface area is 238 Å². The third kappa shape index (κ3) is 597. The molecule has 23 heavy (non-hydrogen) atoms. The van der Waals surface area contributed by atoms with E-state index in [1.165, 1.54) is 18.9 Å². The van der Waals surface area contributed by atoms with E-state index in [0.29, 0.717) is 0 Å². The third-order valence-electron chi connectivity index (χ3n) is 0. The average Bonchev–Trinajstić information content (AvgIpc) is 1.88. The molecular weight excluding hydrogens is 695 g/mol. The van der Waals surface area contributed by atoms with E-state index in [-0.39, 0.29) is 158 Å². The van der Waals surface area contributed by atoms with E-state index in [1.54, 1.807) is 0 Å². The first kappa shape index (κ1) is 89.8. The summed E-state index contributed by atoms with van der Waals surface area (Å²) in [6.45, 7) is 0. The average molecular weight is 717 g/mol. The molecule has 0 aromatic heterocycles. The van der Waals surface area contributed by atoms with Gasteiger partial charge in [0.25, 0.3) is 0 Å². The molecule has 2 atom stereocenters. The van der Waals surface area contributed by atoms with E-state index in [2.05, 4.69) is 0 Å². The fourth-order valence-electron chi connectivity index (χ4n) is 0. The predicted molar refractivity (Wildman–Crippen MR) is 75.7 cm³/mol. The van der Waals surface area contributed by atoms with E-state index in [1.807, 2.05) is 0 Å². The van der Waals surface area contributed by atoms with E-state index in [4.69, 9.17) is 48.9 Å². The smallest absolute Gasteiger partial charge is 0.412 e. The Morgan fingerprint density at radius 2 is 0.391 bits per heavy atom. The summed E-state index contributed by atoms with van der Waals surface area (Å²) in [5, 5.41) is 0. The van der Waals surface area contributed by atoms with Crippen molar-refractivity contribution in [2.24, 2.45) is 0 Å². The summed E-state index contributed by atoms with van der Waals surface area (Å²) in [7, 11) is -5.94. The van der Waals surface area contributed by atoms with Gasteiger partial charge in [0.1, 0.15) is 0 Å². The maximum Gasteiger partial charge on any atom is 0.564 e. The zero-order valence-electron chi connectivity index (χ0n) is 12.3. The maximum absolute atomic E-state index is 7.30. The Morgan fingerprint density at radius 3 is 0.391 bits per heavy atom.